The van der Waals surface area contributed by atoms with E-state index in [-0.39, 0.29) is 5.91 Å². The minimum atomic E-state index is -0.424. The topological polar surface area (TPSA) is 80.3 Å². The molecule has 0 saturated heterocycles. The largest absolute Gasteiger partial charge is 0.465 e. The summed E-state index contributed by atoms with van der Waals surface area (Å²) in [5.74, 6) is -0.752. The van der Waals surface area contributed by atoms with Crippen molar-refractivity contribution >= 4 is 23.3 Å². The summed E-state index contributed by atoms with van der Waals surface area (Å²) >= 11 is 0. The third-order valence-corrected chi connectivity index (χ3v) is 4.30. The molecule has 0 aliphatic heterocycles. The average molecular weight is 375 g/mol. The highest BCUT2D eigenvalue weighted by atomic mass is 16.5. The zero-order chi connectivity index (χ0) is 19.9. The first-order valence-corrected chi connectivity index (χ1v) is 8.81. The Labute approximate surface area is 163 Å². The van der Waals surface area contributed by atoms with Crippen LogP contribution in [0, 0.1) is 6.92 Å². The Morgan fingerprint density at radius 1 is 1.00 bits per heavy atom. The van der Waals surface area contributed by atoms with Gasteiger partial charge in [-0.25, -0.2) is 4.79 Å². The van der Waals surface area contributed by atoms with Crippen LogP contribution in [0.3, 0.4) is 0 Å². The van der Waals surface area contributed by atoms with E-state index in [1.807, 2.05) is 18.2 Å². The molecule has 3 aromatic rings. The Hall–Kier alpha value is -3.67. The number of aryl methyl sites for hydroxylation is 1. The molecule has 1 heterocycles. The van der Waals surface area contributed by atoms with E-state index in [1.165, 1.54) is 18.2 Å². The lowest BCUT2D eigenvalue weighted by Crippen LogP contribution is -2.14. The van der Waals surface area contributed by atoms with Crippen LogP contribution < -0.4 is 10.6 Å². The molecule has 6 nitrogen and oxygen atoms in total. The Bertz CT molecular complexity index is 984. The maximum atomic E-state index is 12.5. The van der Waals surface area contributed by atoms with Crippen LogP contribution in [0.5, 0.6) is 0 Å². The SMILES string of the molecule is COC(=O)c1ccc(NC(=O)c2cc(NCc3ccccc3C)ccn2)cc1. The van der Waals surface area contributed by atoms with Crippen LogP contribution in [-0.2, 0) is 11.3 Å². The molecule has 2 aromatic carbocycles. The quantitative estimate of drug-likeness (QED) is 0.636. The number of carbonyl (C=O) groups is 2. The van der Waals surface area contributed by atoms with Gasteiger partial charge in [0, 0.05) is 24.1 Å². The van der Waals surface area contributed by atoms with Crippen molar-refractivity contribution in [1.82, 2.24) is 4.98 Å². The molecular weight excluding hydrogens is 354 g/mol. The lowest BCUT2D eigenvalue weighted by molar-refractivity contribution is 0.0600. The first kappa shape index (κ1) is 19.1. The second-order valence-corrected chi connectivity index (χ2v) is 6.23. The number of rotatable bonds is 6. The molecule has 142 valence electrons. The summed E-state index contributed by atoms with van der Waals surface area (Å²) in [5, 5.41) is 6.09. The average Bonchev–Trinajstić information content (AvgIpc) is 2.73. The molecule has 6 heteroatoms. The zero-order valence-corrected chi connectivity index (χ0v) is 15.7. The van der Waals surface area contributed by atoms with Gasteiger partial charge in [0.25, 0.3) is 5.91 Å². The van der Waals surface area contributed by atoms with Gasteiger partial charge in [-0.3, -0.25) is 9.78 Å². The number of nitrogens with zero attached hydrogens (tertiary/aromatic N) is 1. The van der Waals surface area contributed by atoms with E-state index in [0.717, 1.165) is 5.69 Å². The number of nitrogens with one attached hydrogen (secondary N) is 2. The van der Waals surface area contributed by atoms with Crippen LogP contribution in [0.1, 0.15) is 32.0 Å². The van der Waals surface area contributed by atoms with E-state index in [4.69, 9.17) is 0 Å². The van der Waals surface area contributed by atoms with E-state index in [2.05, 4.69) is 39.4 Å². The Kier molecular flexibility index (Phi) is 6.01. The Morgan fingerprint density at radius 2 is 1.75 bits per heavy atom. The molecule has 0 saturated carbocycles. The summed E-state index contributed by atoms with van der Waals surface area (Å²) in [4.78, 5) is 28.1. The zero-order valence-electron chi connectivity index (χ0n) is 15.7. The summed E-state index contributed by atoms with van der Waals surface area (Å²) < 4.78 is 4.66. The van der Waals surface area contributed by atoms with Crippen molar-refractivity contribution in [2.75, 3.05) is 17.7 Å². The molecule has 0 spiro atoms. The van der Waals surface area contributed by atoms with Crippen molar-refractivity contribution in [1.29, 1.82) is 0 Å². The number of hydrogen-bond donors (Lipinski definition) is 2. The van der Waals surface area contributed by atoms with Gasteiger partial charge in [-0.15, -0.1) is 0 Å². The predicted octanol–water partition coefficient (Wildman–Crippen LogP) is 4.04. The van der Waals surface area contributed by atoms with Crippen molar-refractivity contribution in [3.63, 3.8) is 0 Å². The summed E-state index contributed by atoms with van der Waals surface area (Å²) in [6.45, 7) is 2.72. The van der Waals surface area contributed by atoms with E-state index < -0.39 is 5.97 Å². The van der Waals surface area contributed by atoms with Gasteiger partial charge in [-0.05, 0) is 54.4 Å². The number of methoxy groups -OCH3 is 1. The van der Waals surface area contributed by atoms with Gasteiger partial charge in [0.05, 0.1) is 12.7 Å². The molecule has 0 bridgehead atoms. The van der Waals surface area contributed by atoms with Crippen LogP contribution in [0.25, 0.3) is 0 Å². The van der Waals surface area contributed by atoms with Crippen molar-refractivity contribution in [3.8, 4) is 0 Å². The standard InChI is InChI=1S/C22H21N3O3/c1-15-5-3-4-6-17(15)14-24-19-11-12-23-20(13-19)21(26)25-18-9-7-16(8-10-18)22(27)28-2/h3-13H,14H2,1-2H3,(H,23,24)(H,25,26). The van der Waals surface area contributed by atoms with Gasteiger partial charge in [-0.1, -0.05) is 24.3 Å². The highest BCUT2D eigenvalue weighted by Crippen LogP contribution is 2.15. The van der Waals surface area contributed by atoms with Gasteiger partial charge in [0.15, 0.2) is 0 Å². The van der Waals surface area contributed by atoms with Gasteiger partial charge < -0.3 is 15.4 Å². The van der Waals surface area contributed by atoms with Crippen LogP contribution in [0.2, 0.25) is 0 Å². The third-order valence-electron chi connectivity index (χ3n) is 4.30. The summed E-state index contributed by atoms with van der Waals surface area (Å²) in [5.41, 5.74) is 4.49. The lowest BCUT2D eigenvalue weighted by atomic mass is 10.1. The normalized spacial score (nSPS) is 10.2. The van der Waals surface area contributed by atoms with Crippen molar-refractivity contribution in [2.45, 2.75) is 13.5 Å². The number of esters is 1. The molecule has 0 radical (unpaired) electrons. The first-order chi connectivity index (χ1) is 13.6. The monoisotopic (exact) mass is 375 g/mol. The van der Waals surface area contributed by atoms with Crippen LogP contribution in [0.15, 0.2) is 66.9 Å². The molecule has 0 unspecified atom stereocenters. The number of hydrogen-bond acceptors (Lipinski definition) is 5. The fourth-order valence-corrected chi connectivity index (χ4v) is 2.67. The summed E-state index contributed by atoms with van der Waals surface area (Å²) in [7, 11) is 1.32. The molecular formula is C22H21N3O3. The fraction of sp³-hybridized carbons (Fsp3) is 0.136. The molecule has 1 amide bonds. The van der Waals surface area contributed by atoms with Crippen molar-refractivity contribution in [3.05, 3.63) is 89.2 Å². The van der Waals surface area contributed by atoms with Gasteiger partial charge >= 0.3 is 5.97 Å². The molecule has 28 heavy (non-hydrogen) atoms. The molecule has 0 atom stereocenters. The number of benzene rings is 2. The van der Waals surface area contributed by atoms with Crippen LogP contribution in [-0.4, -0.2) is 24.0 Å². The number of carbonyl (C=O) groups excluding carboxylic acids is 2. The second-order valence-electron chi connectivity index (χ2n) is 6.23. The predicted molar refractivity (Wildman–Crippen MR) is 108 cm³/mol. The molecule has 3 rings (SSSR count). The minimum absolute atomic E-state index is 0.298. The highest BCUT2D eigenvalue weighted by Gasteiger charge is 2.10. The Balaban J connectivity index is 1.65. The van der Waals surface area contributed by atoms with E-state index in [9.17, 15) is 9.59 Å². The molecule has 1 aromatic heterocycles. The third kappa shape index (κ3) is 4.73. The first-order valence-electron chi connectivity index (χ1n) is 8.81. The fourth-order valence-electron chi connectivity index (χ4n) is 2.67. The molecule has 2 N–H and O–H groups in total. The van der Waals surface area contributed by atoms with Gasteiger partial charge in [0.1, 0.15) is 5.69 Å². The highest BCUT2D eigenvalue weighted by molar-refractivity contribution is 6.03. The second kappa shape index (κ2) is 8.81. The number of aromatic nitrogens is 1. The number of pyridine rings is 1. The van der Waals surface area contributed by atoms with Gasteiger partial charge in [0.2, 0.25) is 0 Å². The van der Waals surface area contributed by atoms with Crippen LogP contribution >= 0.6 is 0 Å². The van der Waals surface area contributed by atoms with E-state index >= 15 is 0 Å². The molecule has 0 aliphatic rings. The maximum Gasteiger partial charge on any atom is 0.337 e. The van der Waals surface area contributed by atoms with Crippen LogP contribution in [0.4, 0.5) is 11.4 Å². The number of amides is 1. The number of ether oxygens (including phenoxy) is 1. The maximum absolute atomic E-state index is 12.5. The van der Waals surface area contributed by atoms with Crippen molar-refractivity contribution in [2.24, 2.45) is 0 Å². The van der Waals surface area contributed by atoms with Gasteiger partial charge in [-0.2, -0.15) is 0 Å². The minimum Gasteiger partial charge on any atom is -0.465 e. The lowest BCUT2D eigenvalue weighted by Gasteiger charge is -2.10. The summed E-state index contributed by atoms with van der Waals surface area (Å²) in [6.07, 6.45) is 1.59. The smallest absolute Gasteiger partial charge is 0.337 e. The number of anilines is 2. The van der Waals surface area contributed by atoms with E-state index in [0.29, 0.717) is 23.5 Å². The molecule has 0 fully saturated rings. The summed E-state index contributed by atoms with van der Waals surface area (Å²) in [6, 6.07) is 18.1. The molecule has 0 aliphatic carbocycles. The van der Waals surface area contributed by atoms with E-state index in [1.54, 1.807) is 36.5 Å². The Morgan fingerprint density at radius 3 is 2.46 bits per heavy atom. The van der Waals surface area contributed by atoms with Crippen molar-refractivity contribution < 1.29 is 14.3 Å².